The predicted molar refractivity (Wildman–Crippen MR) is 160 cm³/mol. The number of para-hydroxylation sites is 1. The number of piperidine rings is 1. The number of imidazole rings is 1. The van der Waals surface area contributed by atoms with Gasteiger partial charge >= 0.3 is 0 Å². The van der Waals surface area contributed by atoms with Crippen LogP contribution in [0, 0.1) is 11.6 Å². The summed E-state index contributed by atoms with van der Waals surface area (Å²) in [6.07, 6.45) is 2.71. The highest BCUT2D eigenvalue weighted by Crippen LogP contribution is 2.50. The molecule has 3 aromatic carbocycles. The van der Waals surface area contributed by atoms with Gasteiger partial charge in [0.05, 0.1) is 35.8 Å². The topological polar surface area (TPSA) is 107 Å². The van der Waals surface area contributed by atoms with Crippen LogP contribution in [0.3, 0.4) is 0 Å². The molecular weight excluding hydrogens is 592 g/mol. The highest BCUT2D eigenvalue weighted by molar-refractivity contribution is 6.30. The molecule has 0 aliphatic carbocycles. The monoisotopic (exact) mass is 623 g/mol. The summed E-state index contributed by atoms with van der Waals surface area (Å²) in [5, 5.41) is 12.3. The summed E-state index contributed by atoms with van der Waals surface area (Å²) >= 11 is 5.97. The molecule has 230 valence electrons. The lowest BCUT2D eigenvalue weighted by atomic mass is 9.88. The van der Waals surface area contributed by atoms with E-state index in [-0.39, 0.29) is 34.5 Å². The van der Waals surface area contributed by atoms with E-state index < -0.39 is 17.4 Å². The van der Waals surface area contributed by atoms with Crippen LogP contribution in [0.15, 0.2) is 53.7 Å². The van der Waals surface area contributed by atoms with Crippen molar-refractivity contribution in [3.05, 3.63) is 87.7 Å². The number of rotatable bonds is 7. The van der Waals surface area contributed by atoms with E-state index in [2.05, 4.69) is 10.1 Å². The first-order valence-corrected chi connectivity index (χ1v) is 15.1. The number of hydrogen-bond donors (Lipinski definition) is 2. The second-order valence-corrected chi connectivity index (χ2v) is 12.1. The molecule has 7 rings (SSSR count). The number of oxime groups is 1. The Balaban J connectivity index is 1.09. The molecule has 4 aromatic rings. The smallest absolute Gasteiger partial charge is 0.278 e. The maximum absolute atomic E-state index is 15.4. The largest absolute Gasteiger partial charge is 0.444 e. The molecule has 2 atom stereocenters. The van der Waals surface area contributed by atoms with Gasteiger partial charge in [-0.3, -0.25) is 4.90 Å². The second-order valence-electron chi connectivity index (χ2n) is 11.7. The second kappa shape index (κ2) is 11.2. The number of aromatic nitrogens is 2. The fourth-order valence-corrected chi connectivity index (χ4v) is 6.61. The molecule has 0 radical (unpaired) electrons. The Morgan fingerprint density at radius 1 is 1.14 bits per heavy atom. The van der Waals surface area contributed by atoms with Crippen molar-refractivity contribution >= 4 is 28.5 Å². The van der Waals surface area contributed by atoms with Gasteiger partial charge in [0.25, 0.3) is 5.79 Å². The van der Waals surface area contributed by atoms with Gasteiger partial charge in [0.1, 0.15) is 17.2 Å². The van der Waals surface area contributed by atoms with E-state index in [0.29, 0.717) is 41.7 Å². The van der Waals surface area contributed by atoms with Gasteiger partial charge in [0.15, 0.2) is 23.2 Å². The normalized spacial score (nSPS) is 22.5. The summed E-state index contributed by atoms with van der Waals surface area (Å²) < 4.78 is 50.5. The van der Waals surface area contributed by atoms with Gasteiger partial charge in [-0.1, -0.05) is 28.9 Å². The lowest BCUT2D eigenvalue weighted by molar-refractivity contribution is -0.0712. The van der Waals surface area contributed by atoms with E-state index in [4.69, 9.17) is 41.7 Å². The van der Waals surface area contributed by atoms with Crippen molar-refractivity contribution in [3.63, 3.8) is 0 Å². The highest BCUT2D eigenvalue weighted by Gasteiger charge is 2.43. The Bertz CT molecular complexity index is 1770. The van der Waals surface area contributed by atoms with E-state index in [1.54, 1.807) is 25.1 Å². The van der Waals surface area contributed by atoms with Gasteiger partial charge in [0.2, 0.25) is 0 Å². The molecule has 3 aliphatic heterocycles. The summed E-state index contributed by atoms with van der Waals surface area (Å²) in [5.74, 6) is -0.530. The molecule has 0 spiro atoms. The third kappa shape index (κ3) is 5.02. The first-order valence-electron chi connectivity index (χ1n) is 14.7. The SMILES string of the molecule is C[C@]1(c2ccc(Cl)cc2F)Oc2cccc(C3CCN(Cc4nc5c(F)c(/C(N)=N/O)ccc5n4C[C@@H]4CCO4)CC3)c2O1. The van der Waals surface area contributed by atoms with Gasteiger partial charge < -0.3 is 29.7 Å². The van der Waals surface area contributed by atoms with Crippen molar-refractivity contribution in [1.29, 1.82) is 0 Å². The summed E-state index contributed by atoms with van der Waals surface area (Å²) in [6.45, 7) is 5.12. The van der Waals surface area contributed by atoms with Crippen LogP contribution in [0.4, 0.5) is 8.78 Å². The van der Waals surface area contributed by atoms with Crippen LogP contribution >= 0.6 is 11.6 Å². The fraction of sp³-hybridized carbons (Fsp3) is 0.375. The van der Waals surface area contributed by atoms with E-state index >= 15 is 4.39 Å². The van der Waals surface area contributed by atoms with Crippen molar-refractivity contribution in [1.82, 2.24) is 14.5 Å². The van der Waals surface area contributed by atoms with Crippen LogP contribution in [-0.4, -0.2) is 51.3 Å². The number of nitrogens with zero attached hydrogens (tertiary/aromatic N) is 4. The van der Waals surface area contributed by atoms with Gasteiger partial charge in [-0.05, 0) is 74.7 Å². The van der Waals surface area contributed by atoms with Crippen molar-refractivity contribution in [2.45, 2.75) is 57.1 Å². The van der Waals surface area contributed by atoms with Gasteiger partial charge in [-0.15, -0.1) is 0 Å². The van der Waals surface area contributed by atoms with Crippen LogP contribution in [0.2, 0.25) is 5.02 Å². The summed E-state index contributed by atoms with van der Waals surface area (Å²) in [6, 6.07) is 13.6. The molecule has 3 aliphatic rings. The van der Waals surface area contributed by atoms with Crippen LogP contribution in [0.5, 0.6) is 11.5 Å². The maximum atomic E-state index is 15.4. The minimum absolute atomic E-state index is 0.00778. The first kappa shape index (κ1) is 28.8. The Morgan fingerprint density at radius 3 is 2.64 bits per heavy atom. The van der Waals surface area contributed by atoms with Gasteiger partial charge in [-0.2, -0.15) is 0 Å². The molecule has 0 unspecified atom stereocenters. The predicted octanol–water partition coefficient (Wildman–Crippen LogP) is 5.88. The molecule has 0 bridgehead atoms. The summed E-state index contributed by atoms with van der Waals surface area (Å²) in [5.41, 5.74) is 7.86. The molecule has 2 fully saturated rings. The van der Waals surface area contributed by atoms with Crippen molar-refractivity contribution in [2.75, 3.05) is 19.7 Å². The standard InChI is InChI=1S/C32H32ClF2N5O4/c1-32(23-7-5-19(33)15-24(23)34)43-26-4-2-3-21(30(26)44-32)18-9-12-39(13-10-18)17-27-37-29-25(40(27)16-20-11-14-42-20)8-6-22(28(29)35)31(36)38-41/h2-8,15,18,20,41H,9-14,16-17H2,1H3,(H2,36,38)/t20-,32-/m0/s1. The third-order valence-electron chi connectivity index (χ3n) is 8.93. The molecule has 44 heavy (non-hydrogen) atoms. The zero-order valence-electron chi connectivity index (χ0n) is 24.1. The Labute approximate surface area is 257 Å². The molecule has 0 amide bonds. The molecule has 4 heterocycles. The average Bonchev–Trinajstić information content (AvgIpc) is 3.52. The van der Waals surface area contributed by atoms with E-state index in [9.17, 15) is 4.39 Å². The summed E-state index contributed by atoms with van der Waals surface area (Å²) in [4.78, 5) is 7.01. The van der Waals surface area contributed by atoms with E-state index in [1.165, 1.54) is 12.1 Å². The number of hydrogen-bond acceptors (Lipinski definition) is 7. The Morgan fingerprint density at radius 2 is 1.93 bits per heavy atom. The van der Waals surface area contributed by atoms with E-state index in [1.807, 2.05) is 22.8 Å². The quantitative estimate of drug-likeness (QED) is 0.115. The van der Waals surface area contributed by atoms with Crippen LogP contribution < -0.4 is 15.2 Å². The number of halogens is 3. The molecule has 1 aromatic heterocycles. The number of likely N-dealkylation sites (tertiary alicyclic amines) is 1. The zero-order chi connectivity index (χ0) is 30.6. The zero-order valence-corrected chi connectivity index (χ0v) is 24.9. The Kier molecular flexibility index (Phi) is 7.34. The fourth-order valence-electron chi connectivity index (χ4n) is 6.45. The van der Waals surface area contributed by atoms with Gasteiger partial charge in [0, 0.05) is 24.1 Å². The molecule has 12 heteroatoms. The first-order chi connectivity index (χ1) is 21.2. The highest BCUT2D eigenvalue weighted by atomic mass is 35.5. The minimum atomic E-state index is -1.31. The Hall–Kier alpha value is -3.93. The number of ether oxygens (including phenoxy) is 3. The van der Waals surface area contributed by atoms with Crippen LogP contribution in [0.25, 0.3) is 11.0 Å². The molecule has 9 nitrogen and oxygen atoms in total. The number of nitrogens with two attached hydrogens (primary N) is 1. The molecule has 3 N–H and O–H groups in total. The molecule has 0 saturated carbocycles. The number of benzene rings is 3. The maximum Gasteiger partial charge on any atom is 0.278 e. The number of amidine groups is 1. The molecular formula is C32H32ClF2N5O4. The summed E-state index contributed by atoms with van der Waals surface area (Å²) in [7, 11) is 0. The van der Waals surface area contributed by atoms with Crippen molar-refractivity contribution in [2.24, 2.45) is 10.9 Å². The minimum Gasteiger partial charge on any atom is -0.444 e. The average molecular weight is 624 g/mol. The lowest BCUT2D eigenvalue weighted by Crippen LogP contribution is -2.35. The molecule has 2 saturated heterocycles. The van der Waals surface area contributed by atoms with E-state index in [0.717, 1.165) is 43.7 Å². The lowest BCUT2D eigenvalue weighted by Gasteiger charge is -2.33. The van der Waals surface area contributed by atoms with Gasteiger partial charge in [-0.25, -0.2) is 13.8 Å². The van der Waals surface area contributed by atoms with Crippen LogP contribution in [-0.2, 0) is 23.6 Å². The number of fused-ring (bicyclic) bond motifs is 2. The van der Waals surface area contributed by atoms with Crippen LogP contribution in [0.1, 0.15) is 54.6 Å². The third-order valence-corrected chi connectivity index (χ3v) is 9.16. The van der Waals surface area contributed by atoms with Crippen molar-refractivity contribution in [3.8, 4) is 11.5 Å². The van der Waals surface area contributed by atoms with Crippen molar-refractivity contribution < 1.29 is 28.2 Å².